The molecule has 0 aliphatic heterocycles. The molecular formula is C16H17Cl2N3. The van der Waals surface area contributed by atoms with E-state index in [0.717, 1.165) is 49.3 Å². The normalized spacial score (nSPS) is 13.3. The third kappa shape index (κ3) is 2.99. The second kappa shape index (κ2) is 6.20. The molecule has 0 atom stereocenters. The summed E-state index contributed by atoms with van der Waals surface area (Å²) in [5.74, 6) is 1.60. The molecule has 0 radical (unpaired) electrons. The molecule has 2 aromatic rings. The van der Waals surface area contributed by atoms with E-state index in [1.807, 2.05) is 6.07 Å². The highest BCUT2D eigenvalue weighted by molar-refractivity contribution is 6.35. The van der Waals surface area contributed by atoms with Crippen LogP contribution in [0, 0.1) is 0 Å². The van der Waals surface area contributed by atoms with Gasteiger partial charge in [-0.05, 0) is 43.9 Å². The van der Waals surface area contributed by atoms with Crippen LogP contribution in [-0.2, 0) is 12.8 Å². The number of nitrogens with zero attached hydrogens (tertiary/aromatic N) is 2. The van der Waals surface area contributed by atoms with Crippen LogP contribution in [0.25, 0.3) is 11.4 Å². The Morgan fingerprint density at radius 1 is 1.19 bits per heavy atom. The van der Waals surface area contributed by atoms with Crippen molar-refractivity contribution < 1.29 is 0 Å². The van der Waals surface area contributed by atoms with E-state index in [-0.39, 0.29) is 0 Å². The highest BCUT2D eigenvalue weighted by Crippen LogP contribution is 2.33. The zero-order valence-electron chi connectivity index (χ0n) is 11.9. The quantitative estimate of drug-likeness (QED) is 0.882. The van der Waals surface area contributed by atoms with Crippen LogP contribution in [0.2, 0.25) is 10.0 Å². The van der Waals surface area contributed by atoms with Crippen LogP contribution >= 0.6 is 23.2 Å². The number of fused-ring (bicyclic) bond motifs is 1. The molecule has 0 fully saturated rings. The maximum absolute atomic E-state index is 6.28. The standard InChI is InChI=1S/C16H17Cl2N3/c1-2-8-19-15-11-4-3-5-14(11)20-16(21-15)12-9-10(17)6-7-13(12)18/h6-7,9H,2-5,8H2,1H3,(H,19,20,21). The zero-order valence-corrected chi connectivity index (χ0v) is 13.4. The van der Waals surface area contributed by atoms with Crippen LogP contribution < -0.4 is 5.32 Å². The summed E-state index contributed by atoms with van der Waals surface area (Å²) < 4.78 is 0. The molecule has 1 heterocycles. The first-order chi connectivity index (χ1) is 10.2. The molecule has 0 spiro atoms. The van der Waals surface area contributed by atoms with Crippen molar-refractivity contribution in [3.8, 4) is 11.4 Å². The van der Waals surface area contributed by atoms with Gasteiger partial charge in [-0.15, -0.1) is 0 Å². The maximum Gasteiger partial charge on any atom is 0.163 e. The number of aryl methyl sites for hydroxylation is 1. The lowest BCUT2D eigenvalue weighted by molar-refractivity contribution is 0.899. The van der Waals surface area contributed by atoms with Gasteiger partial charge in [0.05, 0.1) is 5.02 Å². The first kappa shape index (κ1) is 14.6. The summed E-state index contributed by atoms with van der Waals surface area (Å²) in [5.41, 5.74) is 3.18. The van der Waals surface area contributed by atoms with E-state index in [2.05, 4.69) is 17.2 Å². The first-order valence-electron chi connectivity index (χ1n) is 7.28. The van der Waals surface area contributed by atoms with Crippen LogP contribution in [0.4, 0.5) is 5.82 Å². The lowest BCUT2D eigenvalue weighted by Crippen LogP contribution is -2.08. The number of halogens is 2. The van der Waals surface area contributed by atoms with Gasteiger partial charge >= 0.3 is 0 Å². The number of benzene rings is 1. The summed E-state index contributed by atoms with van der Waals surface area (Å²) in [6, 6.07) is 5.39. The Morgan fingerprint density at radius 3 is 2.86 bits per heavy atom. The van der Waals surface area contributed by atoms with Crippen molar-refractivity contribution in [3.05, 3.63) is 39.5 Å². The van der Waals surface area contributed by atoms with Crippen molar-refractivity contribution in [2.75, 3.05) is 11.9 Å². The Morgan fingerprint density at radius 2 is 2.05 bits per heavy atom. The molecule has 1 aliphatic rings. The van der Waals surface area contributed by atoms with Crippen molar-refractivity contribution in [3.63, 3.8) is 0 Å². The Bertz CT molecular complexity index is 671. The smallest absolute Gasteiger partial charge is 0.163 e. The topological polar surface area (TPSA) is 37.8 Å². The average molecular weight is 322 g/mol. The molecule has 21 heavy (non-hydrogen) atoms. The second-order valence-electron chi connectivity index (χ2n) is 5.23. The molecule has 1 aliphatic carbocycles. The van der Waals surface area contributed by atoms with E-state index in [1.54, 1.807) is 12.1 Å². The number of hydrogen-bond donors (Lipinski definition) is 1. The van der Waals surface area contributed by atoms with Crippen molar-refractivity contribution in [2.45, 2.75) is 32.6 Å². The predicted octanol–water partition coefficient (Wildman–Crippen LogP) is 4.76. The average Bonchev–Trinajstić information content (AvgIpc) is 2.95. The van der Waals surface area contributed by atoms with Gasteiger partial charge in [-0.3, -0.25) is 0 Å². The van der Waals surface area contributed by atoms with Gasteiger partial charge in [0.1, 0.15) is 5.82 Å². The van der Waals surface area contributed by atoms with Crippen molar-refractivity contribution in [1.82, 2.24) is 9.97 Å². The van der Waals surface area contributed by atoms with E-state index < -0.39 is 0 Å². The lowest BCUT2D eigenvalue weighted by atomic mass is 10.2. The van der Waals surface area contributed by atoms with Crippen LogP contribution in [0.3, 0.4) is 0 Å². The van der Waals surface area contributed by atoms with E-state index >= 15 is 0 Å². The molecule has 5 heteroatoms. The molecule has 0 saturated heterocycles. The van der Waals surface area contributed by atoms with Gasteiger partial charge in [-0.25, -0.2) is 9.97 Å². The van der Waals surface area contributed by atoms with Gasteiger partial charge in [-0.1, -0.05) is 30.1 Å². The number of nitrogens with one attached hydrogen (secondary N) is 1. The van der Waals surface area contributed by atoms with Crippen molar-refractivity contribution >= 4 is 29.0 Å². The zero-order chi connectivity index (χ0) is 14.8. The first-order valence-corrected chi connectivity index (χ1v) is 8.03. The highest BCUT2D eigenvalue weighted by Gasteiger charge is 2.20. The van der Waals surface area contributed by atoms with Gasteiger partial charge in [0.25, 0.3) is 0 Å². The molecule has 0 unspecified atom stereocenters. The Balaban J connectivity index is 2.08. The van der Waals surface area contributed by atoms with Crippen molar-refractivity contribution in [1.29, 1.82) is 0 Å². The fourth-order valence-corrected chi connectivity index (χ4v) is 2.99. The molecule has 0 bridgehead atoms. The van der Waals surface area contributed by atoms with Gasteiger partial charge in [0.15, 0.2) is 5.82 Å². The second-order valence-corrected chi connectivity index (χ2v) is 6.07. The molecule has 0 saturated carbocycles. The van der Waals surface area contributed by atoms with Gasteiger partial charge < -0.3 is 5.32 Å². The summed E-state index contributed by atoms with van der Waals surface area (Å²) in [4.78, 5) is 9.39. The van der Waals surface area contributed by atoms with E-state index in [9.17, 15) is 0 Å². The van der Waals surface area contributed by atoms with E-state index in [1.165, 1.54) is 5.56 Å². The highest BCUT2D eigenvalue weighted by atomic mass is 35.5. The summed E-state index contributed by atoms with van der Waals surface area (Å²) in [7, 11) is 0. The fraction of sp³-hybridized carbons (Fsp3) is 0.375. The number of aromatic nitrogens is 2. The predicted molar refractivity (Wildman–Crippen MR) is 88.3 cm³/mol. The summed E-state index contributed by atoms with van der Waals surface area (Å²) in [5, 5.41) is 4.68. The monoisotopic (exact) mass is 321 g/mol. The number of hydrogen-bond acceptors (Lipinski definition) is 3. The minimum atomic E-state index is 0.624. The molecule has 1 aromatic heterocycles. The molecule has 1 N–H and O–H groups in total. The molecule has 3 nitrogen and oxygen atoms in total. The Hall–Kier alpha value is -1.32. The van der Waals surface area contributed by atoms with Gasteiger partial charge in [0.2, 0.25) is 0 Å². The molecular weight excluding hydrogens is 305 g/mol. The third-order valence-corrected chi connectivity index (χ3v) is 4.21. The fourth-order valence-electron chi connectivity index (χ4n) is 2.61. The van der Waals surface area contributed by atoms with Gasteiger partial charge in [-0.2, -0.15) is 0 Å². The number of rotatable bonds is 4. The summed E-state index contributed by atoms with van der Waals surface area (Å²) in [6.07, 6.45) is 4.25. The van der Waals surface area contributed by atoms with Crippen LogP contribution in [0.15, 0.2) is 18.2 Å². The minimum Gasteiger partial charge on any atom is -0.370 e. The lowest BCUT2D eigenvalue weighted by Gasteiger charge is -2.12. The Kier molecular flexibility index (Phi) is 4.32. The molecule has 110 valence electrons. The van der Waals surface area contributed by atoms with Crippen LogP contribution in [0.1, 0.15) is 31.0 Å². The SMILES string of the molecule is CCCNc1nc(-c2cc(Cl)ccc2Cl)nc2c1CCC2. The Labute approximate surface area is 134 Å². The summed E-state index contributed by atoms with van der Waals surface area (Å²) in [6.45, 7) is 3.05. The van der Waals surface area contributed by atoms with E-state index in [4.69, 9.17) is 28.2 Å². The maximum atomic E-state index is 6.28. The summed E-state index contributed by atoms with van der Waals surface area (Å²) >= 11 is 12.4. The molecule has 0 amide bonds. The van der Waals surface area contributed by atoms with Crippen molar-refractivity contribution in [2.24, 2.45) is 0 Å². The van der Waals surface area contributed by atoms with E-state index in [0.29, 0.717) is 15.9 Å². The van der Waals surface area contributed by atoms with Gasteiger partial charge in [0, 0.05) is 28.4 Å². The third-order valence-electron chi connectivity index (χ3n) is 3.64. The van der Waals surface area contributed by atoms with Crippen LogP contribution in [-0.4, -0.2) is 16.5 Å². The largest absolute Gasteiger partial charge is 0.370 e. The minimum absolute atomic E-state index is 0.624. The molecule has 1 aromatic carbocycles. The molecule has 3 rings (SSSR count). The number of anilines is 1. The van der Waals surface area contributed by atoms with Crippen LogP contribution in [0.5, 0.6) is 0 Å².